The lowest BCUT2D eigenvalue weighted by molar-refractivity contribution is 0.154. The van der Waals surface area contributed by atoms with Gasteiger partial charge in [-0.3, -0.25) is 10.3 Å². The molecule has 0 spiro atoms. The molecule has 0 aromatic carbocycles. The van der Waals surface area contributed by atoms with Gasteiger partial charge in [-0.15, -0.1) is 0 Å². The van der Waals surface area contributed by atoms with Crippen LogP contribution in [-0.2, 0) is 4.84 Å². The molecule has 0 aliphatic rings. The van der Waals surface area contributed by atoms with Gasteiger partial charge >= 0.3 is 0 Å². The standard InChI is InChI=1S/C7H17N5O/c1-4-13-11-7(10)12(5(2)3)6(8)9/h5H,4H2,1-3H3,(H3,8,9)(H2,10,11). The van der Waals surface area contributed by atoms with Crippen molar-refractivity contribution in [3.8, 4) is 0 Å². The van der Waals surface area contributed by atoms with Gasteiger partial charge in [0, 0.05) is 6.04 Å². The molecular weight excluding hydrogens is 170 g/mol. The number of hydrogen-bond donors (Lipinski definition) is 3. The molecule has 0 aromatic rings. The van der Waals surface area contributed by atoms with Gasteiger partial charge in [0.25, 0.3) is 0 Å². The molecule has 0 atom stereocenters. The first-order valence-corrected chi connectivity index (χ1v) is 4.09. The predicted octanol–water partition coefficient (Wildman–Crippen LogP) is -0.144. The Morgan fingerprint density at radius 1 is 1.54 bits per heavy atom. The zero-order valence-corrected chi connectivity index (χ0v) is 8.24. The first-order chi connectivity index (χ1) is 6.00. The lowest BCUT2D eigenvalue weighted by Crippen LogP contribution is -2.49. The third-order valence-corrected chi connectivity index (χ3v) is 1.31. The van der Waals surface area contributed by atoms with Crippen LogP contribution in [0.2, 0.25) is 0 Å². The maximum Gasteiger partial charge on any atom is 0.240 e. The Morgan fingerprint density at radius 3 is 2.38 bits per heavy atom. The van der Waals surface area contributed by atoms with Gasteiger partial charge in [0.05, 0.1) is 0 Å². The van der Waals surface area contributed by atoms with Crippen molar-refractivity contribution >= 4 is 11.9 Å². The molecule has 76 valence electrons. The minimum Gasteiger partial charge on any atom is -0.393 e. The second-order valence-electron chi connectivity index (χ2n) is 2.72. The lowest BCUT2D eigenvalue weighted by Gasteiger charge is -2.24. The number of nitrogens with two attached hydrogens (primary N) is 2. The molecule has 0 saturated heterocycles. The molecule has 0 bridgehead atoms. The molecule has 0 fully saturated rings. The summed E-state index contributed by atoms with van der Waals surface area (Å²) in [7, 11) is 0. The van der Waals surface area contributed by atoms with Crippen LogP contribution in [0.5, 0.6) is 0 Å². The van der Waals surface area contributed by atoms with E-state index in [9.17, 15) is 0 Å². The molecule has 0 heterocycles. The fourth-order valence-electron chi connectivity index (χ4n) is 0.841. The maximum atomic E-state index is 7.24. The second-order valence-corrected chi connectivity index (χ2v) is 2.72. The minimum absolute atomic E-state index is 0.0123. The van der Waals surface area contributed by atoms with Crippen molar-refractivity contribution in [2.24, 2.45) is 16.6 Å². The van der Waals surface area contributed by atoms with Gasteiger partial charge in [0.1, 0.15) is 6.61 Å². The van der Waals surface area contributed by atoms with Gasteiger partial charge in [0.15, 0.2) is 5.96 Å². The average molecular weight is 187 g/mol. The Bertz CT molecular complexity index is 201. The Morgan fingerprint density at radius 2 is 2.08 bits per heavy atom. The molecule has 5 N–H and O–H groups in total. The number of hydrogen-bond acceptors (Lipinski definition) is 3. The molecule has 0 saturated carbocycles. The first kappa shape index (κ1) is 11.5. The monoisotopic (exact) mass is 187 g/mol. The number of oxime groups is 1. The number of rotatable bonds is 3. The van der Waals surface area contributed by atoms with E-state index in [0.717, 1.165) is 0 Å². The fraction of sp³-hybridized carbons (Fsp3) is 0.714. The van der Waals surface area contributed by atoms with Crippen molar-refractivity contribution in [2.45, 2.75) is 26.8 Å². The molecule has 0 amide bonds. The summed E-state index contributed by atoms with van der Waals surface area (Å²) in [6.45, 7) is 5.94. The van der Waals surface area contributed by atoms with Gasteiger partial charge in [-0.1, -0.05) is 0 Å². The lowest BCUT2D eigenvalue weighted by atomic mass is 10.3. The van der Waals surface area contributed by atoms with Crippen molar-refractivity contribution in [2.75, 3.05) is 6.61 Å². The minimum atomic E-state index is -0.143. The topological polar surface area (TPSA) is 101 Å². The van der Waals surface area contributed by atoms with E-state index in [-0.39, 0.29) is 18.0 Å². The van der Waals surface area contributed by atoms with Crippen molar-refractivity contribution < 1.29 is 4.84 Å². The summed E-state index contributed by atoms with van der Waals surface area (Å²) >= 11 is 0. The molecule has 0 aliphatic carbocycles. The molecule has 0 aromatic heterocycles. The van der Waals surface area contributed by atoms with Crippen molar-refractivity contribution in [3.63, 3.8) is 0 Å². The second kappa shape index (κ2) is 5.23. The third-order valence-electron chi connectivity index (χ3n) is 1.31. The van der Waals surface area contributed by atoms with Crippen LogP contribution in [0.1, 0.15) is 20.8 Å². The first-order valence-electron chi connectivity index (χ1n) is 4.09. The molecule has 13 heavy (non-hydrogen) atoms. The quantitative estimate of drug-likeness (QED) is 0.325. The number of nitrogens with zero attached hydrogens (tertiary/aromatic N) is 2. The van der Waals surface area contributed by atoms with Crippen LogP contribution in [-0.4, -0.2) is 29.5 Å². The van der Waals surface area contributed by atoms with E-state index in [1.165, 1.54) is 4.90 Å². The Labute approximate surface area is 78.0 Å². The zero-order valence-electron chi connectivity index (χ0n) is 8.24. The van der Waals surface area contributed by atoms with Crippen LogP contribution in [0.15, 0.2) is 5.16 Å². The van der Waals surface area contributed by atoms with Crippen molar-refractivity contribution in [1.29, 1.82) is 5.41 Å². The summed E-state index contributed by atoms with van der Waals surface area (Å²) < 4.78 is 0. The van der Waals surface area contributed by atoms with Gasteiger partial charge in [-0.25, -0.2) is 0 Å². The van der Waals surface area contributed by atoms with E-state index in [1.54, 1.807) is 6.92 Å². The van der Waals surface area contributed by atoms with E-state index in [0.29, 0.717) is 6.61 Å². The normalized spacial score (nSPS) is 11.5. The summed E-state index contributed by atoms with van der Waals surface area (Å²) in [6.07, 6.45) is 0. The van der Waals surface area contributed by atoms with Gasteiger partial charge in [0.2, 0.25) is 5.96 Å². The Balaban J connectivity index is 4.45. The highest BCUT2D eigenvalue weighted by Gasteiger charge is 2.15. The Hall–Kier alpha value is -1.46. The molecule has 0 rings (SSSR count). The highest BCUT2D eigenvalue weighted by Crippen LogP contribution is 1.96. The van der Waals surface area contributed by atoms with E-state index in [2.05, 4.69) is 5.16 Å². The highest BCUT2D eigenvalue weighted by molar-refractivity contribution is 5.95. The van der Waals surface area contributed by atoms with Gasteiger partial charge < -0.3 is 16.3 Å². The third kappa shape index (κ3) is 3.64. The molecule has 6 heteroatoms. The fourth-order valence-corrected chi connectivity index (χ4v) is 0.841. The summed E-state index contributed by atoms with van der Waals surface area (Å²) in [5, 5.41) is 10.8. The van der Waals surface area contributed by atoms with Crippen LogP contribution in [0.25, 0.3) is 0 Å². The smallest absolute Gasteiger partial charge is 0.240 e. The molecule has 0 aliphatic heterocycles. The largest absolute Gasteiger partial charge is 0.393 e. The van der Waals surface area contributed by atoms with Crippen LogP contribution in [0.4, 0.5) is 0 Å². The maximum absolute atomic E-state index is 7.24. The molecular formula is C7H17N5O. The number of nitrogens with one attached hydrogen (secondary N) is 1. The van der Waals surface area contributed by atoms with E-state index >= 15 is 0 Å². The highest BCUT2D eigenvalue weighted by atomic mass is 16.6. The predicted molar refractivity (Wildman–Crippen MR) is 52.1 cm³/mol. The van der Waals surface area contributed by atoms with Crippen molar-refractivity contribution in [3.05, 3.63) is 0 Å². The zero-order chi connectivity index (χ0) is 10.4. The Kier molecular flexibility index (Phi) is 4.64. The van der Waals surface area contributed by atoms with Gasteiger partial charge in [-0.2, -0.15) is 0 Å². The number of guanidine groups is 2. The van der Waals surface area contributed by atoms with E-state index < -0.39 is 0 Å². The molecule has 6 nitrogen and oxygen atoms in total. The summed E-state index contributed by atoms with van der Waals surface area (Å²) in [4.78, 5) is 6.12. The van der Waals surface area contributed by atoms with Crippen LogP contribution < -0.4 is 11.5 Å². The van der Waals surface area contributed by atoms with Crippen LogP contribution in [0.3, 0.4) is 0 Å². The molecule has 0 unspecified atom stereocenters. The van der Waals surface area contributed by atoms with Gasteiger partial charge in [-0.05, 0) is 25.9 Å². The van der Waals surface area contributed by atoms with Crippen molar-refractivity contribution in [1.82, 2.24) is 4.90 Å². The van der Waals surface area contributed by atoms with Crippen LogP contribution >= 0.6 is 0 Å². The summed E-state index contributed by atoms with van der Waals surface area (Å²) in [5.41, 5.74) is 10.8. The van der Waals surface area contributed by atoms with E-state index in [1.807, 2.05) is 13.8 Å². The summed E-state index contributed by atoms with van der Waals surface area (Å²) in [6, 6.07) is -0.0123. The summed E-state index contributed by atoms with van der Waals surface area (Å²) in [5.74, 6) is -0.0414. The van der Waals surface area contributed by atoms with Crippen LogP contribution in [0, 0.1) is 5.41 Å². The van der Waals surface area contributed by atoms with E-state index in [4.69, 9.17) is 21.7 Å². The average Bonchev–Trinajstić information content (AvgIpc) is 1.99. The molecule has 0 radical (unpaired) electrons. The SMILES string of the molecule is CCO/N=C(/N)N(C(=N)N)C(C)C.